The number of nitrogens with one attached hydrogen (secondary N) is 1. The maximum absolute atomic E-state index is 12.1. The van der Waals surface area contributed by atoms with E-state index in [-0.39, 0.29) is 21.8 Å². The van der Waals surface area contributed by atoms with Crippen LogP contribution in [0.5, 0.6) is 0 Å². The average molecular weight is 421 g/mol. The number of nitro groups is 1. The van der Waals surface area contributed by atoms with Crippen molar-refractivity contribution in [1.82, 2.24) is 4.31 Å². The Morgan fingerprint density at radius 2 is 1.86 bits per heavy atom. The van der Waals surface area contributed by atoms with E-state index in [2.05, 4.69) is 5.32 Å². The summed E-state index contributed by atoms with van der Waals surface area (Å²) in [4.78, 5) is 34.4. The highest BCUT2D eigenvalue weighted by Crippen LogP contribution is 2.20. The van der Waals surface area contributed by atoms with Gasteiger partial charge in [-0.15, -0.1) is 0 Å². The Labute approximate surface area is 167 Å². The van der Waals surface area contributed by atoms with Gasteiger partial charge in [0, 0.05) is 31.4 Å². The second kappa shape index (κ2) is 8.80. The molecular weight excluding hydrogens is 402 g/mol. The second-order valence-corrected chi connectivity index (χ2v) is 8.35. The first-order valence-corrected chi connectivity index (χ1v) is 9.71. The molecule has 0 unspecified atom stereocenters. The van der Waals surface area contributed by atoms with Crippen molar-refractivity contribution < 1.29 is 27.7 Å². The average Bonchev–Trinajstić information content (AvgIpc) is 2.66. The number of nitro benzene ring substituents is 1. The maximum atomic E-state index is 12.1. The predicted octanol–water partition coefficient (Wildman–Crippen LogP) is 1.95. The van der Waals surface area contributed by atoms with Crippen molar-refractivity contribution in [2.75, 3.05) is 26.0 Å². The fourth-order valence-electron chi connectivity index (χ4n) is 2.29. The van der Waals surface area contributed by atoms with Crippen LogP contribution in [0.3, 0.4) is 0 Å². The number of anilines is 1. The highest BCUT2D eigenvalue weighted by atomic mass is 32.2. The molecule has 1 N–H and O–H groups in total. The molecule has 0 fully saturated rings. The van der Waals surface area contributed by atoms with Crippen molar-refractivity contribution in [1.29, 1.82) is 0 Å². The van der Waals surface area contributed by atoms with Gasteiger partial charge in [-0.3, -0.25) is 14.9 Å². The number of esters is 1. The van der Waals surface area contributed by atoms with Crippen LogP contribution in [-0.2, 0) is 19.6 Å². The molecule has 0 radical (unpaired) electrons. The molecule has 0 aliphatic carbocycles. The molecule has 2 rings (SSSR count). The van der Waals surface area contributed by atoms with Crippen LogP contribution in [0.25, 0.3) is 0 Å². The molecule has 0 bridgehead atoms. The van der Waals surface area contributed by atoms with Crippen LogP contribution in [0, 0.1) is 17.0 Å². The smallest absolute Gasteiger partial charge is 0.338 e. The Hall–Kier alpha value is -3.31. The summed E-state index contributed by atoms with van der Waals surface area (Å²) in [6.45, 7) is 0.885. The minimum atomic E-state index is -3.67. The lowest BCUT2D eigenvalue weighted by Crippen LogP contribution is -2.23. The Balaban J connectivity index is 2.03. The first kappa shape index (κ1) is 22.0. The van der Waals surface area contributed by atoms with Crippen molar-refractivity contribution in [3.05, 3.63) is 63.7 Å². The lowest BCUT2D eigenvalue weighted by atomic mass is 10.1. The first-order valence-electron chi connectivity index (χ1n) is 8.27. The number of benzene rings is 2. The van der Waals surface area contributed by atoms with Crippen LogP contribution in [0.4, 0.5) is 11.4 Å². The van der Waals surface area contributed by atoms with E-state index >= 15 is 0 Å². The second-order valence-electron chi connectivity index (χ2n) is 6.20. The molecule has 0 heterocycles. The van der Waals surface area contributed by atoms with Crippen molar-refractivity contribution in [2.45, 2.75) is 11.8 Å². The van der Waals surface area contributed by atoms with E-state index in [0.29, 0.717) is 5.56 Å². The highest BCUT2D eigenvalue weighted by molar-refractivity contribution is 7.89. The van der Waals surface area contributed by atoms with E-state index in [9.17, 15) is 28.1 Å². The molecular formula is C18H19N3O7S. The molecule has 0 saturated carbocycles. The summed E-state index contributed by atoms with van der Waals surface area (Å²) in [5.41, 5.74) is 0.300. The molecule has 0 aromatic heterocycles. The van der Waals surface area contributed by atoms with Gasteiger partial charge in [0.2, 0.25) is 10.0 Å². The number of ether oxygens (including phenoxy) is 1. The van der Waals surface area contributed by atoms with E-state index < -0.39 is 33.4 Å². The van der Waals surface area contributed by atoms with Gasteiger partial charge in [-0.25, -0.2) is 17.5 Å². The third kappa shape index (κ3) is 5.36. The zero-order chi connectivity index (χ0) is 21.8. The monoisotopic (exact) mass is 421 g/mol. The van der Waals surface area contributed by atoms with Gasteiger partial charge < -0.3 is 10.1 Å². The Kier molecular flexibility index (Phi) is 6.67. The molecule has 0 saturated heterocycles. The minimum absolute atomic E-state index is 0.00994. The molecule has 1 amide bonds. The lowest BCUT2D eigenvalue weighted by molar-refractivity contribution is -0.385. The fraction of sp³-hybridized carbons (Fsp3) is 0.222. The number of nitrogens with zero attached hydrogens (tertiary/aromatic N) is 2. The Bertz CT molecular complexity index is 1060. The fourth-order valence-corrected chi connectivity index (χ4v) is 3.24. The van der Waals surface area contributed by atoms with Crippen molar-refractivity contribution in [2.24, 2.45) is 0 Å². The summed E-state index contributed by atoms with van der Waals surface area (Å²) in [6, 6.07) is 9.45. The van der Waals surface area contributed by atoms with Gasteiger partial charge in [-0.2, -0.15) is 0 Å². The number of carbonyl (C=O) groups excluding carboxylic acids is 2. The van der Waals surface area contributed by atoms with E-state index in [1.54, 1.807) is 0 Å². The van der Waals surface area contributed by atoms with E-state index in [1.807, 2.05) is 0 Å². The van der Waals surface area contributed by atoms with Crippen LogP contribution in [0.15, 0.2) is 47.4 Å². The van der Waals surface area contributed by atoms with Gasteiger partial charge in [0.25, 0.3) is 11.6 Å². The zero-order valence-corrected chi connectivity index (χ0v) is 16.7. The Morgan fingerprint density at radius 1 is 1.17 bits per heavy atom. The van der Waals surface area contributed by atoms with Gasteiger partial charge >= 0.3 is 5.97 Å². The lowest BCUT2D eigenvalue weighted by Gasteiger charge is -2.12. The summed E-state index contributed by atoms with van der Waals surface area (Å²) in [6.07, 6.45) is 0. The predicted molar refractivity (Wildman–Crippen MR) is 104 cm³/mol. The van der Waals surface area contributed by atoms with Crippen molar-refractivity contribution in [3.63, 3.8) is 0 Å². The molecule has 154 valence electrons. The van der Waals surface area contributed by atoms with Crippen LogP contribution in [0.1, 0.15) is 15.9 Å². The zero-order valence-electron chi connectivity index (χ0n) is 15.9. The summed E-state index contributed by atoms with van der Waals surface area (Å²) in [5, 5.41) is 13.4. The number of sulfonamides is 1. The quantitative estimate of drug-likeness (QED) is 0.410. The summed E-state index contributed by atoms with van der Waals surface area (Å²) < 4.78 is 30.2. The number of hydrogen-bond donors (Lipinski definition) is 1. The number of carbonyl (C=O) groups is 2. The van der Waals surface area contributed by atoms with E-state index in [4.69, 9.17) is 4.74 Å². The van der Waals surface area contributed by atoms with Crippen LogP contribution >= 0.6 is 0 Å². The highest BCUT2D eigenvalue weighted by Gasteiger charge is 2.19. The summed E-state index contributed by atoms with van der Waals surface area (Å²) >= 11 is 0. The molecule has 2 aromatic carbocycles. The normalized spacial score (nSPS) is 11.2. The standard InChI is InChI=1S/C18H19N3O7S/c1-12-7-8-13(9-16(12)21(24)25)18(23)28-11-17(22)19-14-5-4-6-15(10-14)29(26,27)20(2)3/h4-10H,11H2,1-3H3,(H,19,22). The third-order valence-corrected chi connectivity index (χ3v) is 5.68. The summed E-state index contributed by atoms with van der Waals surface area (Å²) in [7, 11) is -0.901. The molecule has 2 aromatic rings. The number of hydrogen-bond acceptors (Lipinski definition) is 7. The molecule has 10 nitrogen and oxygen atoms in total. The van der Waals surface area contributed by atoms with Crippen LogP contribution < -0.4 is 5.32 Å². The molecule has 11 heteroatoms. The minimum Gasteiger partial charge on any atom is -0.452 e. The summed E-state index contributed by atoms with van der Waals surface area (Å²) in [5.74, 6) is -1.59. The topological polar surface area (TPSA) is 136 Å². The Morgan fingerprint density at radius 3 is 2.48 bits per heavy atom. The molecule has 29 heavy (non-hydrogen) atoms. The van der Waals surface area contributed by atoms with E-state index in [1.165, 1.54) is 57.4 Å². The van der Waals surface area contributed by atoms with Gasteiger partial charge in [0.1, 0.15) is 0 Å². The van der Waals surface area contributed by atoms with Crippen LogP contribution in [0.2, 0.25) is 0 Å². The van der Waals surface area contributed by atoms with Gasteiger partial charge in [0.15, 0.2) is 6.61 Å². The maximum Gasteiger partial charge on any atom is 0.338 e. The molecule has 0 spiro atoms. The number of amides is 1. The largest absolute Gasteiger partial charge is 0.452 e. The van der Waals surface area contributed by atoms with Crippen molar-refractivity contribution in [3.8, 4) is 0 Å². The molecule has 0 aliphatic rings. The van der Waals surface area contributed by atoms with E-state index in [0.717, 1.165) is 10.4 Å². The third-order valence-electron chi connectivity index (χ3n) is 3.87. The molecule has 0 atom stereocenters. The van der Waals surface area contributed by atoms with Crippen molar-refractivity contribution >= 4 is 33.3 Å². The van der Waals surface area contributed by atoms with Gasteiger partial charge in [-0.1, -0.05) is 12.1 Å². The number of rotatable bonds is 7. The first-order chi connectivity index (χ1) is 13.5. The SMILES string of the molecule is Cc1ccc(C(=O)OCC(=O)Nc2cccc(S(=O)(=O)N(C)C)c2)cc1[N+](=O)[O-]. The molecule has 0 aliphatic heterocycles. The van der Waals surface area contributed by atoms with Gasteiger partial charge in [-0.05, 0) is 31.2 Å². The van der Waals surface area contributed by atoms with Gasteiger partial charge in [0.05, 0.1) is 15.4 Å². The number of aryl methyl sites for hydroxylation is 1. The van der Waals surface area contributed by atoms with Crippen LogP contribution in [-0.4, -0.2) is 50.2 Å².